The number of carbonyl (C=O) groups is 1. The van der Waals surface area contributed by atoms with Crippen molar-refractivity contribution in [3.05, 3.63) is 59.7 Å². The third kappa shape index (κ3) is 3.87. The predicted octanol–water partition coefficient (Wildman–Crippen LogP) is 4.08. The quantitative estimate of drug-likeness (QED) is 0.890. The number of methoxy groups -OCH3 is 1. The van der Waals surface area contributed by atoms with E-state index in [2.05, 4.69) is 19.2 Å². The molecule has 0 bridgehead atoms. The maximum Gasteiger partial charge on any atom is 0.407 e. The monoisotopic (exact) mass is 341 g/mol. The van der Waals surface area contributed by atoms with E-state index in [-0.39, 0.29) is 11.5 Å². The Labute approximate surface area is 147 Å². The topological polar surface area (TPSA) is 56.8 Å². The molecule has 1 aliphatic heterocycles. The highest BCUT2D eigenvalue weighted by molar-refractivity contribution is 5.69. The maximum atomic E-state index is 11.6. The highest BCUT2D eigenvalue weighted by atomic mass is 16.6. The molecule has 1 aliphatic rings. The van der Waals surface area contributed by atoms with Crippen LogP contribution < -0.4 is 14.8 Å². The number of hydrogen-bond acceptors (Lipinski definition) is 4. The number of benzene rings is 2. The molecule has 0 aliphatic carbocycles. The molecule has 5 nitrogen and oxygen atoms in total. The van der Waals surface area contributed by atoms with E-state index in [1.807, 2.05) is 48.5 Å². The number of nitrogens with one attached hydrogen (secondary N) is 1. The number of carbonyl (C=O) groups excluding carboxylic acids is 1. The van der Waals surface area contributed by atoms with E-state index in [1.54, 1.807) is 7.11 Å². The van der Waals surface area contributed by atoms with E-state index in [1.165, 1.54) is 0 Å². The molecule has 1 N–H and O–H groups in total. The third-order valence-corrected chi connectivity index (χ3v) is 4.38. The SMILES string of the molecule is COc1cc([C@@H]2NC(=O)OCC2(C)C)ccc1OCc1ccccc1. The molecule has 2 aromatic carbocycles. The second-order valence-corrected chi connectivity index (χ2v) is 6.83. The Kier molecular flexibility index (Phi) is 4.83. The molecule has 3 rings (SSSR count). The van der Waals surface area contributed by atoms with Crippen molar-refractivity contribution in [2.24, 2.45) is 5.41 Å². The van der Waals surface area contributed by atoms with Gasteiger partial charge in [-0.05, 0) is 23.3 Å². The van der Waals surface area contributed by atoms with Crippen LogP contribution in [-0.2, 0) is 11.3 Å². The molecular formula is C20H23NO4. The maximum absolute atomic E-state index is 11.6. The second-order valence-electron chi connectivity index (χ2n) is 6.83. The lowest BCUT2D eigenvalue weighted by Crippen LogP contribution is -2.46. The lowest BCUT2D eigenvalue weighted by molar-refractivity contribution is 0.0386. The fourth-order valence-corrected chi connectivity index (χ4v) is 2.94. The molecule has 1 saturated heterocycles. The normalized spacial score (nSPS) is 18.8. The van der Waals surface area contributed by atoms with Gasteiger partial charge in [0.2, 0.25) is 0 Å². The first-order valence-corrected chi connectivity index (χ1v) is 8.27. The average Bonchev–Trinajstić information content (AvgIpc) is 2.63. The number of hydrogen-bond donors (Lipinski definition) is 1. The van der Waals surface area contributed by atoms with Crippen molar-refractivity contribution in [3.8, 4) is 11.5 Å². The number of amides is 1. The van der Waals surface area contributed by atoms with Crippen molar-refractivity contribution in [1.82, 2.24) is 5.32 Å². The number of cyclic esters (lactones) is 1. The Bertz CT molecular complexity index is 743. The van der Waals surface area contributed by atoms with Gasteiger partial charge >= 0.3 is 6.09 Å². The third-order valence-electron chi connectivity index (χ3n) is 4.38. The summed E-state index contributed by atoms with van der Waals surface area (Å²) in [7, 11) is 1.61. The van der Waals surface area contributed by atoms with Crippen molar-refractivity contribution in [1.29, 1.82) is 0 Å². The minimum absolute atomic E-state index is 0.147. The zero-order valence-electron chi connectivity index (χ0n) is 14.7. The van der Waals surface area contributed by atoms with E-state index < -0.39 is 6.09 Å². The summed E-state index contributed by atoms with van der Waals surface area (Å²) in [5.41, 5.74) is 1.84. The zero-order chi connectivity index (χ0) is 17.9. The molecule has 1 fully saturated rings. The molecule has 1 atom stereocenters. The van der Waals surface area contributed by atoms with Gasteiger partial charge in [0.15, 0.2) is 11.5 Å². The molecular weight excluding hydrogens is 318 g/mol. The average molecular weight is 341 g/mol. The van der Waals surface area contributed by atoms with E-state index in [4.69, 9.17) is 14.2 Å². The van der Waals surface area contributed by atoms with E-state index in [0.717, 1.165) is 11.1 Å². The molecule has 0 radical (unpaired) electrons. The Morgan fingerprint density at radius 3 is 2.64 bits per heavy atom. The molecule has 132 valence electrons. The van der Waals surface area contributed by atoms with Crippen LogP contribution in [0.3, 0.4) is 0 Å². The molecule has 0 aromatic heterocycles. The first-order valence-electron chi connectivity index (χ1n) is 8.27. The summed E-state index contributed by atoms with van der Waals surface area (Å²) in [6, 6.07) is 15.6. The first kappa shape index (κ1) is 17.1. The van der Waals surface area contributed by atoms with Crippen LogP contribution in [0, 0.1) is 5.41 Å². The van der Waals surface area contributed by atoms with Gasteiger partial charge in [-0.25, -0.2) is 4.79 Å². The summed E-state index contributed by atoms with van der Waals surface area (Å²) in [5, 5.41) is 2.89. The fraction of sp³-hybridized carbons (Fsp3) is 0.350. The van der Waals surface area contributed by atoms with Gasteiger partial charge in [-0.15, -0.1) is 0 Å². The Morgan fingerprint density at radius 2 is 1.92 bits per heavy atom. The van der Waals surface area contributed by atoms with E-state index in [0.29, 0.717) is 24.7 Å². The lowest BCUT2D eigenvalue weighted by atomic mass is 9.80. The van der Waals surface area contributed by atoms with Crippen LogP contribution >= 0.6 is 0 Å². The molecule has 1 heterocycles. The summed E-state index contributed by atoms with van der Waals surface area (Å²) in [6.45, 7) is 4.96. The van der Waals surface area contributed by atoms with Crippen LogP contribution in [0.5, 0.6) is 11.5 Å². The molecule has 2 aromatic rings. The Hall–Kier alpha value is -2.69. The molecule has 0 unspecified atom stereocenters. The van der Waals surface area contributed by atoms with Crippen LogP contribution in [0.4, 0.5) is 4.79 Å². The molecule has 1 amide bonds. The van der Waals surface area contributed by atoms with Gasteiger partial charge in [-0.1, -0.05) is 50.2 Å². The van der Waals surface area contributed by atoms with Gasteiger partial charge in [0.05, 0.1) is 13.2 Å². The van der Waals surface area contributed by atoms with Crippen molar-refractivity contribution in [3.63, 3.8) is 0 Å². The highest BCUT2D eigenvalue weighted by Gasteiger charge is 2.38. The van der Waals surface area contributed by atoms with Crippen molar-refractivity contribution >= 4 is 6.09 Å². The molecule has 25 heavy (non-hydrogen) atoms. The summed E-state index contributed by atoms with van der Waals surface area (Å²) < 4.78 is 16.5. The van der Waals surface area contributed by atoms with Gasteiger partial charge in [-0.3, -0.25) is 0 Å². The van der Waals surface area contributed by atoms with Crippen LogP contribution in [0.25, 0.3) is 0 Å². The summed E-state index contributed by atoms with van der Waals surface area (Å²) in [4.78, 5) is 11.6. The lowest BCUT2D eigenvalue weighted by Gasteiger charge is -2.38. The van der Waals surface area contributed by atoms with Gasteiger partial charge in [0.25, 0.3) is 0 Å². The van der Waals surface area contributed by atoms with Crippen molar-refractivity contribution in [2.75, 3.05) is 13.7 Å². The number of ether oxygens (including phenoxy) is 3. The minimum Gasteiger partial charge on any atom is -0.493 e. The second kappa shape index (κ2) is 7.05. The smallest absolute Gasteiger partial charge is 0.407 e. The van der Waals surface area contributed by atoms with Gasteiger partial charge in [0, 0.05) is 5.41 Å². The largest absolute Gasteiger partial charge is 0.493 e. The van der Waals surface area contributed by atoms with Crippen LogP contribution in [-0.4, -0.2) is 19.8 Å². The van der Waals surface area contributed by atoms with Crippen molar-refractivity contribution < 1.29 is 19.0 Å². The summed E-state index contributed by atoms with van der Waals surface area (Å²) in [5.74, 6) is 1.32. The summed E-state index contributed by atoms with van der Waals surface area (Å²) >= 11 is 0. The minimum atomic E-state index is -0.396. The van der Waals surface area contributed by atoms with Crippen molar-refractivity contribution in [2.45, 2.75) is 26.5 Å². The Morgan fingerprint density at radius 1 is 1.16 bits per heavy atom. The highest BCUT2D eigenvalue weighted by Crippen LogP contribution is 2.39. The van der Waals surface area contributed by atoms with E-state index >= 15 is 0 Å². The first-order chi connectivity index (χ1) is 12.0. The van der Waals surface area contributed by atoms with Gasteiger partial charge in [0.1, 0.15) is 13.2 Å². The zero-order valence-corrected chi connectivity index (χ0v) is 14.7. The van der Waals surface area contributed by atoms with Crippen LogP contribution in [0.15, 0.2) is 48.5 Å². The Balaban J connectivity index is 1.80. The molecule has 0 saturated carbocycles. The predicted molar refractivity (Wildman–Crippen MR) is 94.8 cm³/mol. The fourth-order valence-electron chi connectivity index (χ4n) is 2.94. The van der Waals surface area contributed by atoms with Crippen LogP contribution in [0.2, 0.25) is 0 Å². The van der Waals surface area contributed by atoms with Gasteiger partial charge in [-0.2, -0.15) is 0 Å². The number of rotatable bonds is 5. The molecule has 5 heteroatoms. The van der Waals surface area contributed by atoms with Gasteiger partial charge < -0.3 is 19.5 Å². The van der Waals surface area contributed by atoms with E-state index in [9.17, 15) is 4.79 Å². The van der Waals surface area contributed by atoms with Crippen LogP contribution in [0.1, 0.15) is 31.0 Å². The standard InChI is InChI=1S/C20H23NO4/c1-20(2)13-25-19(22)21-18(20)15-9-10-16(17(11-15)23-3)24-12-14-7-5-4-6-8-14/h4-11,18H,12-13H2,1-3H3,(H,21,22)/t18-/m0/s1. The summed E-state index contributed by atoms with van der Waals surface area (Å²) in [6.07, 6.45) is -0.396. The number of alkyl carbamates (subject to hydrolysis) is 1. The molecule has 0 spiro atoms.